The molecule has 0 saturated carbocycles. The van der Waals surface area contributed by atoms with E-state index in [0.717, 1.165) is 13.0 Å². The Kier molecular flexibility index (Phi) is 8.64. The van der Waals surface area contributed by atoms with Gasteiger partial charge in [-0.2, -0.15) is 0 Å². The van der Waals surface area contributed by atoms with Gasteiger partial charge in [0.2, 0.25) is 0 Å². The van der Waals surface area contributed by atoms with Crippen LogP contribution in [0.15, 0.2) is 0 Å². The Morgan fingerprint density at radius 3 is 3.00 bits per heavy atom. The first kappa shape index (κ1) is 12.2. The average Bonchev–Trinajstić information content (AvgIpc) is 2.13. The molecule has 0 aromatic heterocycles. The lowest BCUT2D eigenvalue weighted by Gasteiger charge is -2.02. The topological polar surface area (TPSA) is 38.3 Å². The van der Waals surface area contributed by atoms with Crippen LogP contribution in [-0.2, 0) is 9.53 Å². The third-order valence-electron chi connectivity index (χ3n) is 1.58. The number of carbonyl (C=O) groups excluding carboxylic acids is 1. The number of terminal acetylenes is 1. The van der Waals surface area contributed by atoms with E-state index in [4.69, 9.17) is 11.2 Å². The summed E-state index contributed by atoms with van der Waals surface area (Å²) in [5, 5.41) is 2.99. The number of ketones is 1. The first-order valence-electron chi connectivity index (χ1n) is 4.46. The SMILES string of the molecule is C#CCCCC(=O)CNCCOC. The molecule has 0 unspecified atom stereocenters. The monoisotopic (exact) mass is 183 g/mol. The lowest BCUT2D eigenvalue weighted by Crippen LogP contribution is -2.26. The highest BCUT2D eigenvalue weighted by Crippen LogP contribution is 1.93. The summed E-state index contributed by atoms with van der Waals surface area (Å²) in [5.41, 5.74) is 0. The zero-order valence-electron chi connectivity index (χ0n) is 8.14. The number of rotatable bonds is 8. The molecule has 1 N–H and O–H groups in total. The number of unbranched alkanes of at least 4 members (excludes halogenated alkanes) is 1. The number of nitrogens with one attached hydrogen (secondary N) is 1. The van der Waals surface area contributed by atoms with E-state index >= 15 is 0 Å². The van der Waals surface area contributed by atoms with Gasteiger partial charge in [-0.15, -0.1) is 12.3 Å². The van der Waals surface area contributed by atoms with E-state index in [0.29, 0.717) is 26.0 Å². The average molecular weight is 183 g/mol. The van der Waals surface area contributed by atoms with Crippen molar-refractivity contribution in [3.8, 4) is 12.3 Å². The van der Waals surface area contributed by atoms with Crippen molar-refractivity contribution in [2.45, 2.75) is 19.3 Å². The Morgan fingerprint density at radius 1 is 1.62 bits per heavy atom. The van der Waals surface area contributed by atoms with Crippen molar-refractivity contribution in [1.29, 1.82) is 0 Å². The van der Waals surface area contributed by atoms with Crippen molar-refractivity contribution in [1.82, 2.24) is 5.32 Å². The van der Waals surface area contributed by atoms with Crippen LogP contribution < -0.4 is 5.32 Å². The summed E-state index contributed by atoms with van der Waals surface area (Å²) in [6.45, 7) is 1.78. The van der Waals surface area contributed by atoms with Gasteiger partial charge < -0.3 is 10.1 Å². The van der Waals surface area contributed by atoms with Gasteiger partial charge in [-0.1, -0.05) is 0 Å². The molecule has 0 aliphatic heterocycles. The highest BCUT2D eigenvalue weighted by atomic mass is 16.5. The van der Waals surface area contributed by atoms with Crippen LogP contribution in [0.3, 0.4) is 0 Å². The summed E-state index contributed by atoms with van der Waals surface area (Å²) in [7, 11) is 1.64. The number of methoxy groups -OCH3 is 1. The van der Waals surface area contributed by atoms with Crippen molar-refractivity contribution in [2.24, 2.45) is 0 Å². The normalized spacial score (nSPS) is 9.54. The minimum atomic E-state index is 0.214. The molecule has 0 rings (SSSR count). The molecule has 3 nitrogen and oxygen atoms in total. The van der Waals surface area contributed by atoms with Crippen LogP contribution in [0.25, 0.3) is 0 Å². The Morgan fingerprint density at radius 2 is 2.38 bits per heavy atom. The summed E-state index contributed by atoms with van der Waals surface area (Å²) < 4.78 is 4.82. The number of hydrogen-bond acceptors (Lipinski definition) is 3. The van der Waals surface area contributed by atoms with Gasteiger partial charge in [0.15, 0.2) is 0 Å². The fourth-order valence-electron chi connectivity index (χ4n) is 0.878. The van der Waals surface area contributed by atoms with Gasteiger partial charge in [-0.25, -0.2) is 0 Å². The van der Waals surface area contributed by atoms with E-state index in [1.54, 1.807) is 7.11 Å². The Labute approximate surface area is 79.8 Å². The third kappa shape index (κ3) is 9.06. The molecular weight excluding hydrogens is 166 g/mol. The molecule has 0 bridgehead atoms. The number of carbonyl (C=O) groups is 1. The molecule has 0 spiro atoms. The predicted molar refractivity (Wildman–Crippen MR) is 52.4 cm³/mol. The fraction of sp³-hybridized carbons (Fsp3) is 0.700. The van der Waals surface area contributed by atoms with E-state index in [9.17, 15) is 4.79 Å². The van der Waals surface area contributed by atoms with Crippen LogP contribution in [0.1, 0.15) is 19.3 Å². The largest absolute Gasteiger partial charge is 0.383 e. The number of Topliss-reactive ketones (excluding diaryl/α,β-unsaturated/α-hetero) is 1. The minimum absolute atomic E-state index is 0.214. The quantitative estimate of drug-likeness (QED) is 0.442. The number of ether oxygens (including phenoxy) is 1. The standard InChI is InChI=1S/C10H17NO2/c1-3-4-5-6-10(12)9-11-7-8-13-2/h1,11H,4-9H2,2H3. The maximum atomic E-state index is 11.1. The molecular formula is C10H17NO2. The third-order valence-corrected chi connectivity index (χ3v) is 1.58. The highest BCUT2D eigenvalue weighted by Gasteiger charge is 1.99. The van der Waals surface area contributed by atoms with E-state index in [1.165, 1.54) is 0 Å². The Hall–Kier alpha value is -0.850. The second-order valence-corrected chi connectivity index (χ2v) is 2.77. The zero-order chi connectivity index (χ0) is 9.94. The zero-order valence-corrected chi connectivity index (χ0v) is 8.14. The van der Waals surface area contributed by atoms with E-state index in [1.807, 2.05) is 0 Å². The van der Waals surface area contributed by atoms with Crippen LogP contribution in [0.5, 0.6) is 0 Å². The summed E-state index contributed by atoms with van der Waals surface area (Å²) in [6.07, 6.45) is 7.11. The predicted octanol–water partition coefficient (Wildman–Crippen LogP) is 0.595. The van der Waals surface area contributed by atoms with Crippen molar-refractivity contribution >= 4 is 5.78 Å². The smallest absolute Gasteiger partial charge is 0.146 e. The second kappa shape index (κ2) is 9.24. The van der Waals surface area contributed by atoms with Crippen LogP contribution in [0.2, 0.25) is 0 Å². The van der Waals surface area contributed by atoms with E-state index in [-0.39, 0.29) is 5.78 Å². The van der Waals surface area contributed by atoms with Crippen LogP contribution >= 0.6 is 0 Å². The van der Waals surface area contributed by atoms with Crippen LogP contribution in [-0.4, -0.2) is 32.6 Å². The summed E-state index contributed by atoms with van der Waals surface area (Å²) in [5.74, 6) is 2.72. The fourth-order valence-corrected chi connectivity index (χ4v) is 0.878. The van der Waals surface area contributed by atoms with Gasteiger partial charge >= 0.3 is 0 Å². The minimum Gasteiger partial charge on any atom is -0.383 e. The van der Waals surface area contributed by atoms with Crippen molar-refractivity contribution in [3.05, 3.63) is 0 Å². The molecule has 13 heavy (non-hydrogen) atoms. The van der Waals surface area contributed by atoms with Gasteiger partial charge in [-0.05, 0) is 6.42 Å². The summed E-state index contributed by atoms with van der Waals surface area (Å²) in [4.78, 5) is 11.1. The van der Waals surface area contributed by atoms with Gasteiger partial charge in [-0.3, -0.25) is 4.79 Å². The van der Waals surface area contributed by atoms with Gasteiger partial charge in [0.05, 0.1) is 13.2 Å². The molecule has 0 amide bonds. The summed E-state index contributed by atoms with van der Waals surface area (Å²) >= 11 is 0. The lowest BCUT2D eigenvalue weighted by atomic mass is 10.2. The van der Waals surface area contributed by atoms with Gasteiger partial charge in [0.1, 0.15) is 5.78 Å². The first-order chi connectivity index (χ1) is 6.31. The molecule has 0 radical (unpaired) electrons. The maximum absolute atomic E-state index is 11.1. The first-order valence-corrected chi connectivity index (χ1v) is 4.46. The van der Waals surface area contributed by atoms with Crippen LogP contribution in [0.4, 0.5) is 0 Å². The molecule has 0 saturated heterocycles. The molecule has 0 aliphatic rings. The van der Waals surface area contributed by atoms with E-state index < -0.39 is 0 Å². The molecule has 0 heterocycles. The van der Waals surface area contributed by atoms with Crippen molar-refractivity contribution < 1.29 is 9.53 Å². The molecule has 0 atom stereocenters. The molecule has 3 heteroatoms. The summed E-state index contributed by atoms with van der Waals surface area (Å²) in [6, 6.07) is 0. The molecule has 0 fully saturated rings. The van der Waals surface area contributed by atoms with Gasteiger partial charge in [0.25, 0.3) is 0 Å². The molecule has 0 aliphatic carbocycles. The van der Waals surface area contributed by atoms with Gasteiger partial charge in [0, 0.05) is 26.5 Å². The van der Waals surface area contributed by atoms with Crippen molar-refractivity contribution in [2.75, 3.05) is 26.8 Å². The molecule has 0 aromatic carbocycles. The molecule has 0 aromatic rings. The Bertz CT molecular complexity index is 172. The van der Waals surface area contributed by atoms with E-state index in [2.05, 4.69) is 11.2 Å². The Balaban J connectivity index is 3.16. The second-order valence-electron chi connectivity index (χ2n) is 2.77. The number of hydrogen-bond donors (Lipinski definition) is 1. The maximum Gasteiger partial charge on any atom is 0.146 e. The lowest BCUT2D eigenvalue weighted by molar-refractivity contribution is -0.118. The van der Waals surface area contributed by atoms with Crippen molar-refractivity contribution in [3.63, 3.8) is 0 Å². The highest BCUT2D eigenvalue weighted by molar-refractivity contribution is 5.80. The molecule has 74 valence electrons. The van der Waals surface area contributed by atoms with Crippen LogP contribution in [0, 0.1) is 12.3 Å².